The van der Waals surface area contributed by atoms with E-state index in [0.717, 1.165) is 27.4 Å². The van der Waals surface area contributed by atoms with Crippen molar-refractivity contribution in [2.75, 3.05) is 22.6 Å². The number of aromatic hydroxyl groups is 1. The quantitative estimate of drug-likeness (QED) is 0.260. The van der Waals surface area contributed by atoms with Gasteiger partial charge in [-0.05, 0) is 56.2 Å². The maximum absolute atomic E-state index is 13.6. The van der Waals surface area contributed by atoms with E-state index in [1.54, 1.807) is 23.1 Å². The number of urea groups is 1. The lowest BCUT2D eigenvalue weighted by atomic mass is 9.97. The molecule has 0 saturated heterocycles. The van der Waals surface area contributed by atoms with Crippen molar-refractivity contribution in [3.63, 3.8) is 0 Å². The predicted octanol–water partition coefficient (Wildman–Crippen LogP) is 5.18. The molecule has 5 rings (SSSR count). The second kappa shape index (κ2) is 8.29. The van der Waals surface area contributed by atoms with E-state index in [9.17, 15) is 14.7 Å². The second-order valence-corrected chi connectivity index (χ2v) is 9.36. The molecule has 3 amide bonds. The minimum atomic E-state index is -0.284. The van der Waals surface area contributed by atoms with Crippen molar-refractivity contribution in [1.82, 2.24) is 15.3 Å². The summed E-state index contributed by atoms with van der Waals surface area (Å²) in [4.78, 5) is 33.6. The zero-order chi connectivity index (χ0) is 24.1. The summed E-state index contributed by atoms with van der Waals surface area (Å²) in [5, 5.41) is 17.9. The number of hydrogen-bond donors (Lipinski definition) is 5. The average molecular weight is 480 g/mol. The number of hydrogen-bond acceptors (Lipinski definition) is 3. The lowest BCUT2D eigenvalue weighted by molar-refractivity contribution is 0.0984. The number of aryl methyl sites for hydroxylation is 1. The summed E-state index contributed by atoms with van der Waals surface area (Å²) in [5.74, 6) is 0.213. The smallest absolute Gasteiger partial charge is 0.319 e. The number of alkyl halides is 1. The monoisotopic (exact) mass is 479 g/mol. The molecule has 9 heteroatoms. The van der Waals surface area contributed by atoms with Crippen molar-refractivity contribution in [3.8, 4) is 5.75 Å². The Morgan fingerprint density at radius 3 is 2.79 bits per heavy atom. The number of phenolic OH excluding ortho intramolecular Hbond substituents is 1. The Hall–Kier alpha value is -3.65. The van der Waals surface area contributed by atoms with E-state index >= 15 is 0 Å². The zero-order valence-electron chi connectivity index (χ0n) is 19.1. The third-order valence-electron chi connectivity index (χ3n) is 6.21. The molecule has 0 radical (unpaired) electrons. The maximum Gasteiger partial charge on any atom is 0.319 e. The predicted molar refractivity (Wildman–Crippen MR) is 135 cm³/mol. The Labute approximate surface area is 201 Å². The Balaban J connectivity index is 1.49. The molecular formula is C25H26ClN5O3. The van der Waals surface area contributed by atoms with Crippen molar-refractivity contribution < 1.29 is 14.7 Å². The number of halogens is 1. The number of fused-ring (bicyclic) bond motifs is 4. The number of nitrogens with one attached hydrogen (secondary N) is 4. The number of aromatic amines is 2. The number of aromatic nitrogens is 2. The standard InChI is InChI=1S/C25H26ClN5O3/c1-12(2)28-25(34)29-16-4-5-17-14(6-16)7-18(30-17)24(33)31-11-15(9-26)22-19(31)8-20(32)23-21(22)13(3)10-27-23/h4-8,10,12,15,27,30,32H,9,11H2,1-3H3,(H2,28,29,34). The van der Waals surface area contributed by atoms with Crippen molar-refractivity contribution in [3.05, 3.63) is 53.3 Å². The van der Waals surface area contributed by atoms with Gasteiger partial charge in [0.05, 0.1) is 11.2 Å². The molecule has 2 aromatic heterocycles. The highest BCUT2D eigenvalue weighted by Gasteiger charge is 2.36. The van der Waals surface area contributed by atoms with Crippen LogP contribution in [0.1, 0.15) is 41.4 Å². The molecule has 1 aliphatic rings. The normalized spacial score (nSPS) is 15.3. The van der Waals surface area contributed by atoms with Crippen LogP contribution in [-0.4, -0.2) is 45.5 Å². The van der Waals surface area contributed by atoms with Crippen LogP contribution >= 0.6 is 11.6 Å². The van der Waals surface area contributed by atoms with Gasteiger partial charge in [0.25, 0.3) is 5.91 Å². The minimum Gasteiger partial charge on any atom is -0.506 e. The molecule has 8 nitrogen and oxygen atoms in total. The summed E-state index contributed by atoms with van der Waals surface area (Å²) in [7, 11) is 0. The number of benzene rings is 2. The summed E-state index contributed by atoms with van der Waals surface area (Å²) >= 11 is 6.31. The van der Waals surface area contributed by atoms with E-state index in [1.807, 2.05) is 39.1 Å². The first-order chi connectivity index (χ1) is 16.3. The molecule has 0 spiro atoms. The summed E-state index contributed by atoms with van der Waals surface area (Å²) < 4.78 is 0. The van der Waals surface area contributed by atoms with E-state index in [2.05, 4.69) is 20.6 Å². The molecule has 3 heterocycles. The van der Waals surface area contributed by atoms with Crippen LogP contribution in [-0.2, 0) is 0 Å². The summed E-state index contributed by atoms with van der Waals surface area (Å²) in [5.41, 5.74) is 5.15. The van der Waals surface area contributed by atoms with Crippen LogP contribution < -0.4 is 15.5 Å². The number of carbonyl (C=O) groups is 2. The molecule has 34 heavy (non-hydrogen) atoms. The van der Waals surface area contributed by atoms with Crippen LogP contribution in [0.4, 0.5) is 16.2 Å². The lowest BCUT2D eigenvalue weighted by Gasteiger charge is -2.17. The maximum atomic E-state index is 13.6. The van der Waals surface area contributed by atoms with Gasteiger partial charge in [-0.15, -0.1) is 11.6 Å². The van der Waals surface area contributed by atoms with E-state index < -0.39 is 0 Å². The van der Waals surface area contributed by atoms with Crippen molar-refractivity contribution in [1.29, 1.82) is 0 Å². The number of carbonyl (C=O) groups excluding carboxylic acids is 2. The highest BCUT2D eigenvalue weighted by Crippen LogP contribution is 2.46. The first-order valence-electron chi connectivity index (χ1n) is 11.2. The van der Waals surface area contributed by atoms with Crippen molar-refractivity contribution in [2.45, 2.75) is 32.7 Å². The first-order valence-corrected chi connectivity index (χ1v) is 11.7. The lowest BCUT2D eigenvalue weighted by Crippen LogP contribution is -2.34. The van der Waals surface area contributed by atoms with Gasteiger partial charge in [-0.2, -0.15) is 0 Å². The summed E-state index contributed by atoms with van der Waals surface area (Å²) in [6, 6.07) is 8.58. The van der Waals surface area contributed by atoms with E-state index in [0.29, 0.717) is 35.0 Å². The van der Waals surface area contributed by atoms with Gasteiger partial charge < -0.3 is 30.6 Å². The van der Waals surface area contributed by atoms with Crippen LogP contribution in [0.5, 0.6) is 5.75 Å². The molecule has 5 N–H and O–H groups in total. The number of nitrogens with zero attached hydrogens (tertiary/aromatic N) is 1. The SMILES string of the molecule is Cc1c[nH]c2c(O)cc3c(c12)C(CCl)CN3C(=O)c1cc2cc(NC(=O)NC(C)C)ccc2[nH]1. The van der Waals surface area contributed by atoms with Crippen LogP contribution in [0.2, 0.25) is 0 Å². The highest BCUT2D eigenvalue weighted by molar-refractivity contribution is 6.19. The fourth-order valence-electron chi connectivity index (χ4n) is 4.74. The van der Waals surface area contributed by atoms with Gasteiger partial charge in [-0.25, -0.2) is 4.79 Å². The third kappa shape index (κ3) is 3.64. The average Bonchev–Trinajstić information content (AvgIpc) is 3.47. The fourth-order valence-corrected chi connectivity index (χ4v) is 5.00. The second-order valence-electron chi connectivity index (χ2n) is 9.06. The third-order valence-corrected chi connectivity index (χ3v) is 6.59. The molecule has 176 valence electrons. The molecular weight excluding hydrogens is 454 g/mol. The van der Waals surface area contributed by atoms with Crippen LogP contribution in [0, 0.1) is 6.92 Å². The van der Waals surface area contributed by atoms with Crippen LogP contribution in [0.3, 0.4) is 0 Å². The fraction of sp³-hybridized carbons (Fsp3) is 0.280. The molecule has 1 aliphatic heterocycles. The van der Waals surface area contributed by atoms with Crippen molar-refractivity contribution >= 4 is 56.7 Å². The molecule has 0 fully saturated rings. The summed E-state index contributed by atoms with van der Waals surface area (Å²) in [6.45, 7) is 6.18. The number of H-pyrrole nitrogens is 2. The Bertz CT molecular complexity index is 1440. The highest BCUT2D eigenvalue weighted by atomic mass is 35.5. The van der Waals surface area contributed by atoms with Crippen molar-refractivity contribution in [2.24, 2.45) is 0 Å². The van der Waals surface area contributed by atoms with Gasteiger partial charge in [0.1, 0.15) is 11.4 Å². The van der Waals surface area contributed by atoms with Gasteiger partial charge in [0.2, 0.25) is 0 Å². The molecule has 0 aliphatic carbocycles. The Morgan fingerprint density at radius 1 is 1.26 bits per heavy atom. The van der Waals surface area contributed by atoms with Gasteiger partial charge in [0.15, 0.2) is 0 Å². The zero-order valence-corrected chi connectivity index (χ0v) is 19.9. The van der Waals surface area contributed by atoms with E-state index in [4.69, 9.17) is 11.6 Å². The van der Waals surface area contributed by atoms with Gasteiger partial charge in [-0.3, -0.25) is 4.79 Å². The number of amides is 3. The summed E-state index contributed by atoms with van der Waals surface area (Å²) in [6.07, 6.45) is 1.85. The Morgan fingerprint density at radius 2 is 2.06 bits per heavy atom. The topological polar surface area (TPSA) is 113 Å². The van der Waals surface area contributed by atoms with E-state index in [1.165, 1.54) is 0 Å². The molecule has 0 bridgehead atoms. The number of rotatable bonds is 4. The van der Waals surface area contributed by atoms with Gasteiger partial charge in [-0.1, -0.05) is 0 Å². The molecule has 0 saturated carbocycles. The minimum absolute atomic E-state index is 0.0242. The Kier molecular flexibility index (Phi) is 5.40. The van der Waals surface area contributed by atoms with Crippen LogP contribution in [0.15, 0.2) is 36.5 Å². The van der Waals surface area contributed by atoms with Gasteiger partial charge >= 0.3 is 6.03 Å². The molecule has 1 atom stereocenters. The largest absolute Gasteiger partial charge is 0.506 e. The molecule has 1 unspecified atom stereocenters. The first kappa shape index (κ1) is 22.2. The van der Waals surface area contributed by atoms with E-state index in [-0.39, 0.29) is 29.6 Å². The van der Waals surface area contributed by atoms with Gasteiger partial charge in [0, 0.05) is 58.6 Å². The number of phenols is 1. The molecule has 4 aromatic rings. The van der Waals surface area contributed by atoms with Crippen LogP contribution in [0.25, 0.3) is 21.8 Å². The number of anilines is 2. The molecule has 2 aromatic carbocycles.